The van der Waals surface area contributed by atoms with E-state index in [0.29, 0.717) is 19.4 Å². The molecule has 0 unspecified atom stereocenters. The summed E-state index contributed by atoms with van der Waals surface area (Å²) in [7, 11) is 0. The average Bonchev–Trinajstić information content (AvgIpc) is 3.34. The molecule has 6 nitrogen and oxygen atoms in total. The van der Waals surface area contributed by atoms with Crippen LogP contribution in [0, 0.1) is 6.85 Å². The van der Waals surface area contributed by atoms with Gasteiger partial charge in [-0.2, -0.15) is 13.2 Å². The molecule has 3 heterocycles. The highest BCUT2D eigenvalue weighted by Gasteiger charge is 2.49. The minimum absolute atomic E-state index is 0.146. The van der Waals surface area contributed by atoms with Gasteiger partial charge in [0.1, 0.15) is 16.5 Å². The monoisotopic (exact) mass is 443 g/mol. The molecule has 1 saturated heterocycles. The topological polar surface area (TPSA) is 89.2 Å². The van der Waals surface area contributed by atoms with E-state index in [1.165, 1.54) is 23.2 Å². The maximum absolute atomic E-state index is 13.5. The molecule has 3 rings (SSSR count). The first-order valence-electron chi connectivity index (χ1n) is 10.8. The molecule has 0 bridgehead atoms. The number of carbonyl (C=O) groups excluding carboxylic acids is 2. The average molecular weight is 444 g/mol. The maximum atomic E-state index is 13.5. The molecule has 0 saturated carbocycles. The van der Waals surface area contributed by atoms with Gasteiger partial charge < -0.3 is 10.6 Å². The number of likely N-dealkylation sites (tertiary alicyclic amines) is 1. The van der Waals surface area contributed by atoms with E-state index in [-0.39, 0.29) is 33.3 Å². The molecule has 30 heavy (non-hydrogen) atoms. The number of hydrogen-bond donors (Lipinski definition) is 1. The van der Waals surface area contributed by atoms with Crippen molar-refractivity contribution in [2.24, 2.45) is 5.73 Å². The van der Waals surface area contributed by atoms with Gasteiger partial charge in [0, 0.05) is 16.9 Å². The lowest BCUT2D eigenvalue weighted by Crippen LogP contribution is -2.44. The van der Waals surface area contributed by atoms with Crippen molar-refractivity contribution < 1.29 is 26.9 Å². The highest BCUT2D eigenvalue weighted by atomic mass is 32.1. The molecule has 2 aromatic rings. The summed E-state index contributed by atoms with van der Waals surface area (Å²) in [5, 5.41) is 0.185. The largest absolute Gasteiger partial charge is 0.399 e. The SMILES string of the molecule is [2H]C([2H])([2H])c1nc(CC(=O)N2CCC[C@H]2C(N)=O)sc1-c1ccnc(C(C)(C)C(F)(F)F)c1. The number of aromatic nitrogens is 2. The van der Waals surface area contributed by atoms with E-state index in [9.17, 15) is 22.8 Å². The number of primary amides is 1. The fraction of sp³-hybridized carbons (Fsp3) is 0.500. The number of nitrogens with two attached hydrogens (primary N) is 1. The van der Waals surface area contributed by atoms with Gasteiger partial charge in [0.25, 0.3) is 0 Å². The molecule has 1 aliphatic rings. The Kier molecular flexibility index (Phi) is 4.86. The molecule has 0 aromatic carbocycles. The molecule has 1 atom stereocenters. The molecule has 0 aliphatic carbocycles. The van der Waals surface area contributed by atoms with Gasteiger partial charge in [-0.05, 0) is 51.2 Å². The molecule has 2 amide bonds. The zero-order chi connectivity index (χ0) is 24.8. The quantitative estimate of drug-likeness (QED) is 0.767. The van der Waals surface area contributed by atoms with E-state index < -0.39 is 36.3 Å². The van der Waals surface area contributed by atoms with Gasteiger partial charge in [-0.3, -0.25) is 14.6 Å². The van der Waals surface area contributed by atoms with Crippen LogP contribution in [0.25, 0.3) is 10.4 Å². The molecule has 2 N–H and O–H groups in total. The van der Waals surface area contributed by atoms with Crippen LogP contribution in [0.3, 0.4) is 0 Å². The first-order valence-corrected chi connectivity index (χ1v) is 10.1. The highest BCUT2D eigenvalue weighted by molar-refractivity contribution is 7.15. The third-order valence-electron chi connectivity index (χ3n) is 5.25. The summed E-state index contributed by atoms with van der Waals surface area (Å²) in [6.07, 6.45) is -2.54. The van der Waals surface area contributed by atoms with Gasteiger partial charge in [0.2, 0.25) is 11.8 Å². The van der Waals surface area contributed by atoms with Crippen LogP contribution in [-0.4, -0.2) is 45.4 Å². The first kappa shape index (κ1) is 18.3. The van der Waals surface area contributed by atoms with Crippen LogP contribution < -0.4 is 5.73 Å². The van der Waals surface area contributed by atoms with Crippen LogP contribution in [0.5, 0.6) is 0 Å². The fourth-order valence-corrected chi connectivity index (χ4v) is 4.24. The van der Waals surface area contributed by atoms with E-state index in [2.05, 4.69) is 9.97 Å². The minimum atomic E-state index is -4.57. The number of nitrogens with zero attached hydrogens (tertiary/aromatic N) is 3. The Morgan fingerprint density at radius 3 is 2.77 bits per heavy atom. The zero-order valence-corrected chi connectivity index (χ0v) is 17.2. The van der Waals surface area contributed by atoms with Gasteiger partial charge in [-0.15, -0.1) is 11.3 Å². The Hall–Kier alpha value is -2.49. The van der Waals surface area contributed by atoms with Gasteiger partial charge >= 0.3 is 6.18 Å². The summed E-state index contributed by atoms with van der Waals surface area (Å²) in [6.45, 7) is -0.311. The summed E-state index contributed by atoms with van der Waals surface area (Å²) in [5.41, 5.74) is 2.75. The maximum Gasteiger partial charge on any atom is 0.399 e. The Balaban J connectivity index is 1.98. The molecular formula is C20H23F3N4O2S. The van der Waals surface area contributed by atoms with Crippen molar-refractivity contribution in [3.63, 3.8) is 0 Å². The van der Waals surface area contributed by atoms with E-state index in [4.69, 9.17) is 9.85 Å². The lowest BCUT2D eigenvalue weighted by molar-refractivity contribution is -0.181. The van der Waals surface area contributed by atoms with Crippen molar-refractivity contribution in [2.75, 3.05) is 6.54 Å². The van der Waals surface area contributed by atoms with Gasteiger partial charge in [0.15, 0.2) is 0 Å². The van der Waals surface area contributed by atoms with Crippen molar-refractivity contribution in [1.29, 1.82) is 0 Å². The van der Waals surface area contributed by atoms with Crippen molar-refractivity contribution >= 4 is 23.2 Å². The number of carbonyl (C=O) groups is 2. The van der Waals surface area contributed by atoms with Gasteiger partial charge in [0.05, 0.1) is 22.7 Å². The smallest absolute Gasteiger partial charge is 0.368 e. The molecule has 162 valence electrons. The Morgan fingerprint density at radius 1 is 1.40 bits per heavy atom. The van der Waals surface area contributed by atoms with Crippen LogP contribution in [0.15, 0.2) is 18.3 Å². The predicted octanol–water partition coefficient (Wildman–Crippen LogP) is 3.37. The normalized spacial score (nSPS) is 19.3. The standard InChI is InChI=1S/C20H23F3N4O2S/c1-11-17(12-6-7-25-14(9-12)19(2,3)20(21,22)23)30-15(26-11)10-16(28)27-8-4-5-13(27)18(24)29/h6-7,9,13H,4-5,8,10H2,1-3H3,(H2,24,29)/t13-/m0/s1/i1D3. The highest BCUT2D eigenvalue weighted by Crippen LogP contribution is 2.41. The Bertz CT molecular complexity index is 1070. The summed E-state index contributed by atoms with van der Waals surface area (Å²) in [4.78, 5) is 33.8. The van der Waals surface area contributed by atoms with E-state index in [1.807, 2.05) is 0 Å². The number of rotatable bonds is 5. The fourth-order valence-electron chi connectivity index (χ4n) is 3.29. The van der Waals surface area contributed by atoms with Crippen molar-refractivity contribution in [3.8, 4) is 10.4 Å². The predicted molar refractivity (Wildman–Crippen MR) is 107 cm³/mol. The Morgan fingerprint density at radius 2 is 2.13 bits per heavy atom. The molecule has 2 aromatic heterocycles. The van der Waals surface area contributed by atoms with E-state index in [0.717, 1.165) is 25.2 Å². The number of amides is 2. The number of alkyl halides is 3. The number of hydrogen-bond acceptors (Lipinski definition) is 5. The lowest BCUT2D eigenvalue weighted by Gasteiger charge is -2.27. The summed E-state index contributed by atoms with van der Waals surface area (Å²) in [6, 6.07) is 1.89. The lowest BCUT2D eigenvalue weighted by atomic mass is 9.87. The molecule has 1 fully saturated rings. The first-order chi connectivity index (χ1) is 15.1. The van der Waals surface area contributed by atoms with E-state index >= 15 is 0 Å². The number of pyridine rings is 1. The van der Waals surface area contributed by atoms with Gasteiger partial charge in [-0.25, -0.2) is 4.98 Å². The second-order valence-corrected chi connectivity index (χ2v) is 8.75. The second-order valence-electron chi connectivity index (χ2n) is 7.66. The molecule has 0 spiro atoms. The van der Waals surface area contributed by atoms with Crippen molar-refractivity contribution in [1.82, 2.24) is 14.9 Å². The van der Waals surface area contributed by atoms with Crippen molar-refractivity contribution in [3.05, 3.63) is 34.7 Å². The van der Waals surface area contributed by atoms with Crippen LogP contribution in [0.2, 0.25) is 0 Å². The summed E-state index contributed by atoms with van der Waals surface area (Å²) < 4.78 is 63.9. The summed E-state index contributed by atoms with van der Waals surface area (Å²) in [5.74, 6) is -1.03. The molecule has 0 radical (unpaired) electrons. The van der Waals surface area contributed by atoms with Gasteiger partial charge in [-0.1, -0.05) is 0 Å². The molecule has 10 heteroatoms. The number of aryl methyl sites for hydroxylation is 1. The molecule has 1 aliphatic heterocycles. The minimum Gasteiger partial charge on any atom is -0.368 e. The number of thiazole rings is 1. The van der Waals surface area contributed by atoms with Crippen LogP contribution in [-0.2, 0) is 21.4 Å². The second kappa shape index (κ2) is 7.98. The third-order valence-corrected chi connectivity index (χ3v) is 6.35. The van der Waals surface area contributed by atoms with Crippen LogP contribution >= 0.6 is 11.3 Å². The summed E-state index contributed by atoms with van der Waals surface area (Å²) >= 11 is 0.919. The number of halogens is 3. The molecular weight excluding hydrogens is 417 g/mol. The zero-order valence-electron chi connectivity index (χ0n) is 19.4. The van der Waals surface area contributed by atoms with Crippen LogP contribution in [0.1, 0.15) is 47.2 Å². The Labute approximate surface area is 180 Å². The van der Waals surface area contributed by atoms with E-state index in [1.54, 1.807) is 0 Å². The third kappa shape index (κ3) is 4.19. The van der Waals surface area contributed by atoms with Crippen molar-refractivity contribution in [2.45, 2.75) is 57.6 Å². The van der Waals surface area contributed by atoms with Crippen LogP contribution in [0.4, 0.5) is 13.2 Å².